The summed E-state index contributed by atoms with van der Waals surface area (Å²) in [7, 11) is 0. The van der Waals surface area contributed by atoms with E-state index in [1.807, 2.05) is 20.8 Å². The van der Waals surface area contributed by atoms with Gasteiger partial charge in [-0.05, 0) is 39.0 Å². The molecule has 1 rings (SSSR count). The molecule has 4 heteroatoms. The van der Waals surface area contributed by atoms with Gasteiger partial charge in [0, 0.05) is 13.0 Å². The van der Waals surface area contributed by atoms with E-state index >= 15 is 0 Å². The molecule has 1 fully saturated rings. The maximum atomic E-state index is 11.8. The number of carbonyl (C=O) groups is 2. The number of rotatable bonds is 5. The fourth-order valence-corrected chi connectivity index (χ4v) is 2.59. The van der Waals surface area contributed by atoms with Crippen LogP contribution in [-0.4, -0.2) is 24.0 Å². The van der Waals surface area contributed by atoms with Gasteiger partial charge < -0.3 is 10.1 Å². The molecule has 1 saturated carbocycles. The molecule has 0 atom stereocenters. The minimum atomic E-state index is -0.483. The Labute approximate surface area is 122 Å². The molecular weight excluding hydrogens is 254 g/mol. The second kappa shape index (κ2) is 7.09. The first-order chi connectivity index (χ1) is 9.20. The molecule has 116 valence electrons. The number of hydrogen-bond donors (Lipinski definition) is 1. The van der Waals surface area contributed by atoms with E-state index in [-0.39, 0.29) is 30.1 Å². The maximum Gasteiger partial charge on any atom is 0.306 e. The average molecular weight is 283 g/mol. The summed E-state index contributed by atoms with van der Waals surface area (Å²) < 4.78 is 5.18. The number of amides is 1. The third-order valence-corrected chi connectivity index (χ3v) is 3.75. The minimum absolute atomic E-state index is 0.0531. The monoisotopic (exact) mass is 283 g/mol. The van der Waals surface area contributed by atoms with Crippen LogP contribution < -0.4 is 5.32 Å². The standard InChI is InChI=1S/C16H29NO3/c1-15(2,3)20-14(19)9-8-13(18)17-12-16(4)10-6-5-7-11-16/h5-12H2,1-4H3,(H,17,18). The third-order valence-electron chi connectivity index (χ3n) is 3.75. The summed E-state index contributed by atoms with van der Waals surface area (Å²) in [5, 5.41) is 2.96. The molecule has 20 heavy (non-hydrogen) atoms. The lowest BCUT2D eigenvalue weighted by Gasteiger charge is -2.33. The van der Waals surface area contributed by atoms with Crippen LogP contribution in [-0.2, 0) is 14.3 Å². The van der Waals surface area contributed by atoms with Crippen LogP contribution in [0.25, 0.3) is 0 Å². The van der Waals surface area contributed by atoms with Crippen LogP contribution in [0.2, 0.25) is 0 Å². The van der Waals surface area contributed by atoms with Gasteiger partial charge in [-0.15, -0.1) is 0 Å². The van der Waals surface area contributed by atoms with E-state index in [1.54, 1.807) is 0 Å². The zero-order valence-corrected chi connectivity index (χ0v) is 13.4. The van der Waals surface area contributed by atoms with Crippen LogP contribution in [0.5, 0.6) is 0 Å². The summed E-state index contributed by atoms with van der Waals surface area (Å²) in [6.45, 7) is 8.44. The van der Waals surface area contributed by atoms with Crippen molar-refractivity contribution in [1.82, 2.24) is 5.32 Å². The molecular formula is C16H29NO3. The van der Waals surface area contributed by atoms with Crippen LogP contribution in [0.15, 0.2) is 0 Å². The fraction of sp³-hybridized carbons (Fsp3) is 0.875. The smallest absolute Gasteiger partial charge is 0.306 e. The molecule has 1 aliphatic carbocycles. The van der Waals surface area contributed by atoms with Gasteiger partial charge in [-0.25, -0.2) is 0 Å². The topological polar surface area (TPSA) is 55.4 Å². The highest BCUT2D eigenvalue weighted by Gasteiger charge is 2.27. The molecule has 4 nitrogen and oxygen atoms in total. The molecule has 0 aromatic heterocycles. The molecule has 0 saturated heterocycles. The van der Waals surface area contributed by atoms with Crippen molar-refractivity contribution >= 4 is 11.9 Å². The summed E-state index contributed by atoms with van der Waals surface area (Å²) in [5.74, 6) is -0.362. The Morgan fingerprint density at radius 2 is 1.70 bits per heavy atom. The Balaban J connectivity index is 2.22. The summed E-state index contributed by atoms with van der Waals surface area (Å²) in [5.41, 5.74) is -0.247. The molecule has 0 aliphatic heterocycles. The second-order valence-electron chi connectivity index (χ2n) is 7.23. The zero-order chi connectivity index (χ0) is 15.2. The van der Waals surface area contributed by atoms with Gasteiger partial charge >= 0.3 is 5.97 Å². The van der Waals surface area contributed by atoms with Gasteiger partial charge in [-0.3, -0.25) is 9.59 Å². The molecule has 0 unspecified atom stereocenters. The first-order valence-corrected chi connectivity index (χ1v) is 7.69. The van der Waals surface area contributed by atoms with Crippen molar-refractivity contribution in [1.29, 1.82) is 0 Å². The van der Waals surface area contributed by atoms with Crippen LogP contribution in [0, 0.1) is 5.41 Å². The van der Waals surface area contributed by atoms with Crippen LogP contribution in [0.1, 0.15) is 72.6 Å². The quantitative estimate of drug-likeness (QED) is 0.788. The number of carbonyl (C=O) groups excluding carboxylic acids is 2. The van der Waals surface area contributed by atoms with Gasteiger partial charge in [0.1, 0.15) is 5.60 Å². The Kier molecular flexibility index (Phi) is 6.03. The van der Waals surface area contributed by atoms with Gasteiger partial charge in [0.25, 0.3) is 0 Å². The number of ether oxygens (including phenoxy) is 1. The largest absolute Gasteiger partial charge is 0.460 e. The van der Waals surface area contributed by atoms with E-state index < -0.39 is 5.60 Å². The maximum absolute atomic E-state index is 11.8. The number of nitrogens with one attached hydrogen (secondary N) is 1. The first-order valence-electron chi connectivity index (χ1n) is 7.69. The molecule has 0 heterocycles. The first kappa shape index (κ1) is 17.0. The lowest BCUT2D eigenvalue weighted by molar-refractivity contribution is -0.155. The highest BCUT2D eigenvalue weighted by Crippen LogP contribution is 2.34. The van der Waals surface area contributed by atoms with E-state index in [1.165, 1.54) is 32.1 Å². The van der Waals surface area contributed by atoms with Crippen molar-refractivity contribution in [3.8, 4) is 0 Å². The number of hydrogen-bond acceptors (Lipinski definition) is 3. The lowest BCUT2D eigenvalue weighted by Crippen LogP contribution is -2.37. The molecule has 0 aromatic rings. The second-order valence-corrected chi connectivity index (χ2v) is 7.23. The van der Waals surface area contributed by atoms with Crippen molar-refractivity contribution in [3.63, 3.8) is 0 Å². The molecule has 0 spiro atoms. The Hall–Kier alpha value is -1.06. The molecule has 0 radical (unpaired) electrons. The van der Waals surface area contributed by atoms with Crippen molar-refractivity contribution < 1.29 is 14.3 Å². The van der Waals surface area contributed by atoms with E-state index in [0.29, 0.717) is 0 Å². The summed E-state index contributed by atoms with van der Waals surface area (Å²) in [6, 6.07) is 0. The van der Waals surface area contributed by atoms with Crippen molar-refractivity contribution in [2.45, 2.75) is 78.2 Å². The average Bonchev–Trinajstić information content (AvgIpc) is 2.33. The van der Waals surface area contributed by atoms with Crippen LogP contribution in [0.4, 0.5) is 0 Å². The van der Waals surface area contributed by atoms with Gasteiger partial charge in [-0.1, -0.05) is 26.2 Å². The van der Waals surface area contributed by atoms with Gasteiger partial charge in [0.05, 0.1) is 6.42 Å². The molecule has 0 bridgehead atoms. The fourth-order valence-electron chi connectivity index (χ4n) is 2.59. The molecule has 1 aliphatic rings. The normalized spacial score (nSPS) is 18.4. The van der Waals surface area contributed by atoms with Crippen LogP contribution in [0.3, 0.4) is 0 Å². The highest BCUT2D eigenvalue weighted by atomic mass is 16.6. The Morgan fingerprint density at radius 3 is 2.25 bits per heavy atom. The highest BCUT2D eigenvalue weighted by molar-refractivity contribution is 5.81. The summed E-state index contributed by atoms with van der Waals surface area (Å²) in [4.78, 5) is 23.3. The van der Waals surface area contributed by atoms with E-state index in [9.17, 15) is 9.59 Å². The van der Waals surface area contributed by atoms with Crippen molar-refractivity contribution in [3.05, 3.63) is 0 Å². The SMILES string of the molecule is CC1(CNC(=O)CCC(=O)OC(C)(C)C)CCCCC1. The minimum Gasteiger partial charge on any atom is -0.460 e. The lowest BCUT2D eigenvalue weighted by atomic mass is 9.76. The Morgan fingerprint density at radius 1 is 1.10 bits per heavy atom. The zero-order valence-electron chi connectivity index (χ0n) is 13.4. The molecule has 1 amide bonds. The van der Waals surface area contributed by atoms with Gasteiger partial charge in [0.2, 0.25) is 5.91 Å². The van der Waals surface area contributed by atoms with Crippen LogP contribution >= 0.6 is 0 Å². The van der Waals surface area contributed by atoms with Gasteiger partial charge in [-0.2, -0.15) is 0 Å². The predicted octanol–water partition coefficient (Wildman–Crippen LogP) is 3.19. The summed E-state index contributed by atoms with van der Waals surface area (Å²) in [6.07, 6.45) is 6.54. The molecule has 0 aromatic carbocycles. The van der Waals surface area contributed by atoms with E-state index in [2.05, 4.69) is 12.2 Å². The Bertz CT molecular complexity index is 338. The van der Waals surface area contributed by atoms with Crippen molar-refractivity contribution in [2.24, 2.45) is 5.41 Å². The molecule has 1 N–H and O–H groups in total. The third kappa shape index (κ3) is 6.92. The van der Waals surface area contributed by atoms with E-state index in [0.717, 1.165) is 6.54 Å². The van der Waals surface area contributed by atoms with E-state index in [4.69, 9.17) is 4.74 Å². The van der Waals surface area contributed by atoms with Crippen molar-refractivity contribution in [2.75, 3.05) is 6.54 Å². The van der Waals surface area contributed by atoms with Gasteiger partial charge in [0.15, 0.2) is 0 Å². The summed E-state index contributed by atoms with van der Waals surface area (Å²) >= 11 is 0. The predicted molar refractivity (Wildman–Crippen MR) is 79.3 cm³/mol. The number of esters is 1.